The number of rotatable bonds is 10. The van der Waals surface area contributed by atoms with E-state index in [1.807, 2.05) is 0 Å². The van der Waals surface area contributed by atoms with Gasteiger partial charge < -0.3 is 10.2 Å². The Hall–Kier alpha value is -1.36. The largest absolute Gasteiger partial charge is 0.567 e. The number of hydroxylamine groups is 2. The molecule has 0 aromatic carbocycles. The minimum absolute atomic E-state index is 0.146. The summed E-state index contributed by atoms with van der Waals surface area (Å²) in [6.45, 7) is -0.464. The van der Waals surface area contributed by atoms with E-state index in [2.05, 4.69) is 4.52 Å². The van der Waals surface area contributed by atoms with Gasteiger partial charge in [0.05, 0.1) is 6.42 Å². The molecule has 0 aromatic heterocycles. The maximum atomic E-state index is 11.4. The number of unbranched alkanes of at least 4 members (excludes halogenated alkanes) is 1. The highest BCUT2D eigenvalue weighted by molar-refractivity contribution is 7.53. The summed E-state index contributed by atoms with van der Waals surface area (Å²) >= 11 is 0. The van der Waals surface area contributed by atoms with Crippen molar-refractivity contribution in [1.29, 1.82) is 0 Å². The van der Waals surface area contributed by atoms with E-state index in [1.165, 1.54) is 0 Å². The van der Waals surface area contributed by atoms with Gasteiger partial charge in [0.25, 0.3) is 0 Å². The van der Waals surface area contributed by atoms with E-state index in [0.29, 0.717) is 0 Å². The molecule has 0 saturated heterocycles. The van der Waals surface area contributed by atoms with Crippen molar-refractivity contribution in [3.05, 3.63) is 0 Å². The summed E-state index contributed by atoms with van der Waals surface area (Å²) in [7, 11) is -4.31. The molecule has 0 fully saturated rings. The molecule has 0 heterocycles. The van der Waals surface area contributed by atoms with Gasteiger partial charge in [0, 0.05) is 6.54 Å². The number of hydrogen-bond donors (Lipinski definition) is 6. The lowest BCUT2D eigenvalue weighted by Gasteiger charge is -2.16. The standard InChI is InChI=1S/C9H16NO10P/c11-7(5-6(8(12)13)9(14)15)10(16)3-1-2-4-20-21(17,18)19/h6,16-19H,1-5H2,(H-,12,13,14,15)/p+1. The smallest absolute Gasteiger partial charge is 0.481 e. The van der Waals surface area contributed by atoms with Crippen LogP contribution in [0.4, 0.5) is 0 Å². The van der Waals surface area contributed by atoms with Crippen molar-refractivity contribution in [2.24, 2.45) is 5.92 Å². The van der Waals surface area contributed by atoms with Gasteiger partial charge in [-0.25, -0.2) is 5.06 Å². The van der Waals surface area contributed by atoms with Crippen LogP contribution in [-0.2, 0) is 18.9 Å². The summed E-state index contributed by atoms with van der Waals surface area (Å²) in [5.74, 6) is -6.39. The number of carboxylic acids is 2. The van der Waals surface area contributed by atoms with E-state index in [1.54, 1.807) is 0 Å². The van der Waals surface area contributed by atoms with Gasteiger partial charge in [-0.2, -0.15) is 19.2 Å². The molecule has 1 amide bonds. The number of carboxylic acid groups (broad SMARTS) is 2. The van der Waals surface area contributed by atoms with E-state index < -0.39 is 38.4 Å². The Morgan fingerprint density at radius 3 is 2.00 bits per heavy atom. The monoisotopic (exact) mass is 330 g/mol. The zero-order valence-electron chi connectivity index (χ0n) is 10.8. The van der Waals surface area contributed by atoms with Gasteiger partial charge in [0.15, 0.2) is 5.92 Å². The Labute approximate surface area is 119 Å². The Bertz CT molecular complexity index is 367. The Kier molecular flexibility index (Phi) is 8.25. The summed E-state index contributed by atoms with van der Waals surface area (Å²) in [5, 5.41) is 26.6. The first kappa shape index (κ1) is 19.6. The van der Waals surface area contributed by atoms with E-state index >= 15 is 0 Å². The molecule has 6 N–H and O–H groups in total. The number of hydrogen-bond acceptors (Lipinski definition) is 8. The number of amides is 1. The molecule has 0 aromatic rings. The van der Waals surface area contributed by atoms with E-state index in [9.17, 15) is 19.6 Å². The predicted octanol–water partition coefficient (Wildman–Crippen LogP) is -1.17. The van der Waals surface area contributed by atoms with Gasteiger partial charge in [0.1, 0.15) is 6.61 Å². The third-order valence-electron chi connectivity index (χ3n) is 2.29. The van der Waals surface area contributed by atoms with Crippen molar-refractivity contribution < 1.29 is 49.0 Å². The molecule has 11 nitrogen and oxygen atoms in total. The molecule has 12 heteroatoms. The van der Waals surface area contributed by atoms with Crippen LogP contribution in [0, 0.1) is 5.92 Å². The predicted molar refractivity (Wildman–Crippen MR) is 65.6 cm³/mol. The summed E-state index contributed by atoms with van der Waals surface area (Å²) < 4.78 is 4.24. The molecular weight excluding hydrogens is 313 g/mol. The number of nitrogens with zero attached hydrogens (tertiary/aromatic N) is 1. The molecule has 0 radical (unpaired) electrons. The molecule has 0 aliphatic heterocycles. The first-order valence-corrected chi connectivity index (χ1v) is 7.27. The van der Waals surface area contributed by atoms with Gasteiger partial charge in [-0.1, -0.05) is 0 Å². The van der Waals surface area contributed by atoms with Crippen LogP contribution < -0.4 is 0 Å². The summed E-state index contributed by atoms with van der Waals surface area (Å²) in [6, 6.07) is 0. The molecular formula is C9H17NO10P+. The molecule has 0 aliphatic carbocycles. The molecule has 0 spiro atoms. The van der Waals surface area contributed by atoms with Crippen LogP contribution in [0.15, 0.2) is 0 Å². The van der Waals surface area contributed by atoms with Crippen molar-refractivity contribution in [1.82, 2.24) is 5.06 Å². The average Bonchev–Trinajstić information content (AvgIpc) is 2.32. The van der Waals surface area contributed by atoms with Gasteiger partial charge in [-0.05, 0) is 12.8 Å². The highest BCUT2D eigenvalue weighted by Gasteiger charge is 2.32. The van der Waals surface area contributed by atoms with Gasteiger partial charge in [-0.3, -0.25) is 19.6 Å². The average molecular weight is 330 g/mol. The minimum atomic E-state index is -4.31. The van der Waals surface area contributed by atoms with Gasteiger partial charge >= 0.3 is 20.1 Å². The van der Waals surface area contributed by atoms with Crippen LogP contribution in [0.1, 0.15) is 19.3 Å². The third-order valence-corrected chi connectivity index (χ3v) is 2.82. The summed E-state index contributed by atoms with van der Waals surface area (Å²) in [6.07, 6.45) is -0.585. The maximum Gasteiger partial charge on any atom is 0.567 e. The Balaban J connectivity index is 4.05. The van der Waals surface area contributed by atoms with Gasteiger partial charge in [-0.15, -0.1) is 0 Å². The second-order valence-corrected chi connectivity index (χ2v) is 5.29. The normalized spacial score (nSPS) is 11.5. The molecule has 0 atom stereocenters. The third kappa shape index (κ3) is 9.24. The highest BCUT2D eigenvalue weighted by Crippen LogP contribution is 2.45. The highest BCUT2D eigenvalue weighted by atomic mass is 31.2. The fourth-order valence-corrected chi connectivity index (χ4v) is 1.61. The zero-order valence-corrected chi connectivity index (χ0v) is 11.7. The zero-order chi connectivity index (χ0) is 16.6. The molecule has 0 bridgehead atoms. The van der Waals surface area contributed by atoms with Crippen LogP contribution in [0.3, 0.4) is 0 Å². The quantitative estimate of drug-likeness (QED) is 0.0937. The molecule has 0 saturated carbocycles. The fourth-order valence-electron chi connectivity index (χ4n) is 1.24. The fraction of sp³-hybridized carbons (Fsp3) is 0.667. The molecule has 0 unspecified atom stereocenters. The first-order chi connectivity index (χ1) is 9.54. The van der Waals surface area contributed by atoms with E-state index in [-0.39, 0.29) is 31.1 Å². The lowest BCUT2D eigenvalue weighted by molar-refractivity contribution is -0.171. The number of aliphatic carboxylic acids is 2. The molecule has 21 heavy (non-hydrogen) atoms. The SMILES string of the molecule is O=C(O)C(CC(=O)N(O)CCCCO[P+](O)(O)O)C(=O)O. The van der Waals surface area contributed by atoms with Crippen molar-refractivity contribution in [3.8, 4) is 0 Å². The van der Waals surface area contributed by atoms with E-state index in [0.717, 1.165) is 0 Å². The topological polar surface area (TPSA) is 185 Å². The summed E-state index contributed by atoms with van der Waals surface area (Å²) in [5.41, 5.74) is 0. The van der Waals surface area contributed by atoms with Crippen molar-refractivity contribution in [3.63, 3.8) is 0 Å². The molecule has 0 aliphatic rings. The van der Waals surface area contributed by atoms with Crippen molar-refractivity contribution in [2.75, 3.05) is 13.2 Å². The van der Waals surface area contributed by atoms with E-state index in [4.69, 9.17) is 24.9 Å². The number of carbonyl (C=O) groups is 3. The van der Waals surface area contributed by atoms with Crippen LogP contribution in [0.25, 0.3) is 0 Å². The van der Waals surface area contributed by atoms with Crippen molar-refractivity contribution >= 4 is 26.0 Å². The van der Waals surface area contributed by atoms with Crippen LogP contribution >= 0.6 is 8.17 Å². The van der Waals surface area contributed by atoms with Gasteiger partial charge in [0.2, 0.25) is 5.91 Å². The van der Waals surface area contributed by atoms with Crippen LogP contribution in [0.2, 0.25) is 0 Å². The number of carbonyl (C=O) groups excluding carboxylic acids is 1. The second-order valence-electron chi connectivity index (χ2n) is 4.00. The second kappa shape index (κ2) is 8.82. The van der Waals surface area contributed by atoms with Crippen molar-refractivity contribution in [2.45, 2.75) is 19.3 Å². The van der Waals surface area contributed by atoms with Crippen LogP contribution in [-0.4, -0.2) is 66.2 Å². The van der Waals surface area contributed by atoms with Crippen LogP contribution in [0.5, 0.6) is 0 Å². The first-order valence-electron chi connectivity index (χ1n) is 5.71. The lowest BCUT2D eigenvalue weighted by Crippen LogP contribution is -2.34. The Morgan fingerprint density at radius 2 is 1.57 bits per heavy atom. The summed E-state index contributed by atoms with van der Waals surface area (Å²) in [4.78, 5) is 58.0. The lowest BCUT2D eigenvalue weighted by atomic mass is 10.1. The molecule has 122 valence electrons. The Morgan fingerprint density at radius 1 is 1.05 bits per heavy atom. The minimum Gasteiger partial charge on any atom is -0.481 e. The molecule has 0 rings (SSSR count). The maximum absolute atomic E-state index is 11.4.